The van der Waals surface area contributed by atoms with Crippen molar-refractivity contribution in [2.45, 2.75) is 6.10 Å². The summed E-state index contributed by atoms with van der Waals surface area (Å²) in [6.07, 6.45) is -1.63. The summed E-state index contributed by atoms with van der Waals surface area (Å²) in [4.78, 5) is 23.5. The summed E-state index contributed by atoms with van der Waals surface area (Å²) in [7, 11) is 3.00. The van der Waals surface area contributed by atoms with Crippen molar-refractivity contribution in [3.63, 3.8) is 0 Å². The summed E-state index contributed by atoms with van der Waals surface area (Å²) < 4.78 is 5.12. The van der Waals surface area contributed by atoms with Gasteiger partial charge in [-0.15, -0.1) is 0 Å². The Labute approximate surface area is 110 Å². The molecule has 0 saturated carbocycles. The molecule has 104 valence electrons. The number of amides is 2. The first-order valence-electron chi connectivity index (χ1n) is 5.52. The van der Waals surface area contributed by atoms with Gasteiger partial charge in [-0.05, 0) is 12.1 Å². The number of aliphatic carboxylic acids is 1. The van der Waals surface area contributed by atoms with E-state index in [0.717, 1.165) is 0 Å². The number of nitrogens with zero attached hydrogens (tertiary/aromatic N) is 1. The highest BCUT2D eigenvalue weighted by Gasteiger charge is 2.18. The van der Waals surface area contributed by atoms with E-state index in [0.29, 0.717) is 11.4 Å². The summed E-state index contributed by atoms with van der Waals surface area (Å²) in [5.74, 6) is -0.876. The lowest BCUT2D eigenvalue weighted by Gasteiger charge is -2.20. The van der Waals surface area contributed by atoms with Crippen LogP contribution in [-0.2, 0) is 4.79 Å². The van der Waals surface area contributed by atoms with Crippen LogP contribution >= 0.6 is 0 Å². The number of rotatable bonds is 5. The third-order valence-corrected chi connectivity index (χ3v) is 2.48. The minimum Gasteiger partial charge on any atom is -0.495 e. The highest BCUT2D eigenvalue weighted by atomic mass is 16.5. The Morgan fingerprint density at radius 2 is 2.05 bits per heavy atom. The number of aliphatic hydroxyl groups excluding tert-OH is 1. The van der Waals surface area contributed by atoms with E-state index in [9.17, 15) is 9.59 Å². The second-order valence-corrected chi connectivity index (χ2v) is 3.77. The quantitative estimate of drug-likeness (QED) is 0.712. The van der Waals surface area contributed by atoms with Crippen LogP contribution in [0, 0.1) is 0 Å². The van der Waals surface area contributed by atoms with Crippen molar-refractivity contribution >= 4 is 17.7 Å². The summed E-state index contributed by atoms with van der Waals surface area (Å²) >= 11 is 0. The molecule has 0 heterocycles. The average molecular weight is 268 g/mol. The SMILES string of the molecule is COc1ccccc1N(C)C(=O)NCC(O)C(=O)O. The zero-order chi connectivity index (χ0) is 14.4. The van der Waals surface area contributed by atoms with Gasteiger partial charge in [0, 0.05) is 7.05 Å². The number of urea groups is 1. The lowest BCUT2D eigenvalue weighted by atomic mass is 10.3. The predicted molar refractivity (Wildman–Crippen MR) is 68.4 cm³/mol. The summed E-state index contributed by atoms with van der Waals surface area (Å²) in [5, 5.41) is 19.9. The van der Waals surface area contributed by atoms with Crippen LogP contribution < -0.4 is 15.0 Å². The maximum atomic E-state index is 11.8. The van der Waals surface area contributed by atoms with Gasteiger partial charge in [-0.25, -0.2) is 9.59 Å². The molecule has 0 aliphatic carbocycles. The lowest BCUT2D eigenvalue weighted by molar-refractivity contribution is -0.146. The molecular weight excluding hydrogens is 252 g/mol. The standard InChI is InChI=1S/C12H16N2O5/c1-14(8-5-3-4-6-10(8)19-2)12(18)13-7-9(15)11(16)17/h3-6,9,15H,7H2,1-2H3,(H,13,18)(H,16,17). The number of methoxy groups -OCH3 is 1. The molecule has 1 rings (SSSR count). The van der Waals surface area contributed by atoms with E-state index in [4.69, 9.17) is 14.9 Å². The first-order valence-corrected chi connectivity index (χ1v) is 5.52. The predicted octanol–water partition coefficient (Wildman–Crippen LogP) is 0.287. The molecule has 0 aromatic heterocycles. The molecule has 0 aliphatic rings. The molecule has 1 unspecified atom stereocenters. The lowest BCUT2D eigenvalue weighted by Crippen LogP contribution is -2.43. The number of carboxylic acid groups (broad SMARTS) is 1. The van der Waals surface area contributed by atoms with Gasteiger partial charge in [0.15, 0.2) is 6.10 Å². The second kappa shape index (κ2) is 6.60. The Bertz CT molecular complexity index is 463. The third kappa shape index (κ3) is 3.85. The van der Waals surface area contributed by atoms with Crippen LogP contribution in [0.5, 0.6) is 5.75 Å². The highest BCUT2D eigenvalue weighted by Crippen LogP contribution is 2.26. The molecule has 0 aliphatic heterocycles. The van der Waals surface area contributed by atoms with Crippen LogP contribution in [-0.4, -0.2) is 49.0 Å². The van der Waals surface area contributed by atoms with Crippen molar-refractivity contribution in [1.82, 2.24) is 5.32 Å². The molecule has 1 aromatic rings. The van der Waals surface area contributed by atoms with Crippen LogP contribution in [0.25, 0.3) is 0 Å². The minimum absolute atomic E-state index is 0.367. The number of carbonyl (C=O) groups excluding carboxylic acids is 1. The van der Waals surface area contributed by atoms with Gasteiger partial charge >= 0.3 is 12.0 Å². The van der Waals surface area contributed by atoms with E-state index in [1.54, 1.807) is 24.3 Å². The summed E-state index contributed by atoms with van der Waals surface area (Å²) in [6.45, 7) is -0.367. The first-order chi connectivity index (χ1) is 8.97. The van der Waals surface area contributed by atoms with E-state index in [-0.39, 0.29) is 6.54 Å². The maximum Gasteiger partial charge on any atom is 0.334 e. The molecule has 0 radical (unpaired) electrons. The van der Waals surface area contributed by atoms with Gasteiger partial charge in [0.25, 0.3) is 0 Å². The number of hydrogen-bond donors (Lipinski definition) is 3. The van der Waals surface area contributed by atoms with Crippen LogP contribution in [0.15, 0.2) is 24.3 Å². The smallest absolute Gasteiger partial charge is 0.334 e. The van der Waals surface area contributed by atoms with E-state index in [1.165, 1.54) is 19.1 Å². The number of ether oxygens (including phenoxy) is 1. The van der Waals surface area contributed by atoms with Crippen LogP contribution in [0.2, 0.25) is 0 Å². The average Bonchev–Trinajstić information content (AvgIpc) is 2.43. The minimum atomic E-state index is -1.63. The van der Waals surface area contributed by atoms with E-state index >= 15 is 0 Å². The molecule has 2 amide bonds. The Hall–Kier alpha value is -2.28. The number of carboxylic acids is 1. The Morgan fingerprint density at radius 3 is 2.63 bits per heavy atom. The number of para-hydroxylation sites is 2. The molecule has 7 nitrogen and oxygen atoms in total. The molecule has 0 fully saturated rings. The monoisotopic (exact) mass is 268 g/mol. The highest BCUT2D eigenvalue weighted by molar-refractivity contribution is 5.93. The van der Waals surface area contributed by atoms with E-state index in [2.05, 4.69) is 5.32 Å². The molecule has 0 saturated heterocycles. The zero-order valence-corrected chi connectivity index (χ0v) is 10.7. The Balaban J connectivity index is 2.69. The van der Waals surface area contributed by atoms with Crippen molar-refractivity contribution in [3.05, 3.63) is 24.3 Å². The third-order valence-electron chi connectivity index (χ3n) is 2.48. The number of benzene rings is 1. The number of hydrogen-bond acceptors (Lipinski definition) is 4. The molecule has 3 N–H and O–H groups in total. The van der Waals surface area contributed by atoms with Crippen molar-refractivity contribution in [1.29, 1.82) is 0 Å². The van der Waals surface area contributed by atoms with Gasteiger partial charge in [-0.2, -0.15) is 0 Å². The van der Waals surface area contributed by atoms with Gasteiger partial charge in [0.1, 0.15) is 5.75 Å². The maximum absolute atomic E-state index is 11.8. The van der Waals surface area contributed by atoms with Crippen molar-refractivity contribution in [3.8, 4) is 5.75 Å². The fourth-order valence-corrected chi connectivity index (χ4v) is 1.41. The van der Waals surface area contributed by atoms with Crippen LogP contribution in [0.4, 0.5) is 10.5 Å². The molecule has 19 heavy (non-hydrogen) atoms. The number of anilines is 1. The molecule has 0 bridgehead atoms. The topological polar surface area (TPSA) is 99.1 Å². The number of nitrogens with one attached hydrogen (secondary N) is 1. The van der Waals surface area contributed by atoms with E-state index in [1.807, 2.05) is 0 Å². The van der Waals surface area contributed by atoms with Crippen molar-refractivity contribution < 1.29 is 24.5 Å². The Kier molecular flexibility index (Phi) is 5.13. The van der Waals surface area contributed by atoms with E-state index < -0.39 is 18.1 Å². The molecule has 0 spiro atoms. The zero-order valence-electron chi connectivity index (χ0n) is 10.7. The van der Waals surface area contributed by atoms with Gasteiger partial charge in [0.05, 0.1) is 19.3 Å². The Morgan fingerprint density at radius 1 is 1.42 bits per heavy atom. The van der Waals surface area contributed by atoms with Gasteiger partial charge in [0.2, 0.25) is 0 Å². The molecular formula is C12H16N2O5. The van der Waals surface area contributed by atoms with Crippen molar-refractivity contribution in [2.24, 2.45) is 0 Å². The van der Waals surface area contributed by atoms with Gasteiger partial charge in [-0.1, -0.05) is 12.1 Å². The molecule has 7 heteroatoms. The largest absolute Gasteiger partial charge is 0.495 e. The normalized spacial score (nSPS) is 11.5. The number of carbonyl (C=O) groups is 2. The fourth-order valence-electron chi connectivity index (χ4n) is 1.41. The molecule has 1 atom stereocenters. The van der Waals surface area contributed by atoms with Crippen LogP contribution in [0.3, 0.4) is 0 Å². The number of aliphatic hydroxyl groups is 1. The summed E-state index contributed by atoms with van der Waals surface area (Å²) in [5.41, 5.74) is 0.535. The van der Waals surface area contributed by atoms with Crippen LogP contribution in [0.1, 0.15) is 0 Å². The summed E-state index contributed by atoms with van der Waals surface area (Å²) in [6, 6.07) is 6.36. The second-order valence-electron chi connectivity index (χ2n) is 3.77. The fraction of sp³-hybridized carbons (Fsp3) is 0.333. The van der Waals surface area contributed by atoms with Crippen molar-refractivity contribution in [2.75, 3.05) is 25.6 Å². The first kappa shape index (κ1) is 14.8. The van der Waals surface area contributed by atoms with Gasteiger partial charge in [-0.3, -0.25) is 4.90 Å². The van der Waals surface area contributed by atoms with Gasteiger partial charge < -0.3 is 20.3 Å². The molecule has 1 aromatic carbocycles.